The summed E-state index contributed by atoms with van der Waals surface area (Å²) in [5.74, 6) is 0. The second-order valence-electron chi connectivity index (χ2n) is 37.3. The standard InChI is InChI=1S/C78H52.C66H44/c1-5-21-53(22-6-1)55-37-45-61(46-38-55)73-69-33-17-18-34-70(69)74(62-47-39-56(40-48-62)54-23-7-2-8-24-54)78-76(64-51-43-60(44-52-64)68-32-16-14-30-66(68)58-27-11-4-12-28-58)72-36-20-19-35-71(72)75(77(73)78)63-49-41-59(42-50-63)67-31-15-13-29-65(67)57-25-9-3-10-26-57;1-5-21-45(22-6-1)53-29-13-15-31-55(53)47-37-41-51(42-38-47)63-59-35-19-20-36-60(59)64(52-43-39-48(40-44-52)56-32-16-14-30-54(56)46-23-7-2-8-24-46)66-62(50-27-11-4-12-28-50)58-34-18-17-33-57(58)61(65(63)66)49-25-9-3-10-26-49/h1-52H;1-44H. The molecule has 0 fully saturated rings. The average molecular weight is 1830 g/mol. The van der Waals surface area contributed by atoms with Crippen LogP contribution in [0.2, 0.25) is 0 Å². The predicted octanol–water partition coefficient (Wildman–Crippen LogP) is 40.3. The largest absolute Gasteiger partial charge is 0.0622 e. The quantitative estimate of drug-likeness (QED) is 0.0751. The minimum absolute atomic E-state index is 1.17. The minimum Gasteiger partial charge on any atom is -0.0622 e. The Balaban J connectivity index is 0.000000153. The summed E-state index contributed by atoms with van der Waals surface area (Å²) in [4.78, 5) is 0. The maximum Gasteiger partial charge on any atom is -0.000139 e. The van der Waals surface area contributed by atoms with E-state index in [2.05, 4.69) is 582 Å². The van der Waals surface area contributed by atoms with Crippen LogP contribution in [0, 0.1) is 0 Å². The Morgan fingerprint density at radius 2 is 0.153 bits per heavy atom. The van der Waals surface area contributed by atoms with Gasteiger partial charge in [0.2, 0.25) is 0 Å². The van der Waals surface area contributed by atoms with Gasteiger partial charge in [0, 0.05) is 0 Å². The Morgan fingerprint density at radius 3 is 0.306 bits per heavy atom. The maximum absolute atomic E-state index is 2.36. The van der Waals surface area contributed by atoms with Crippen LogP contribution >= 0.6 is 0 Å². The summed E-state index contributed by atoms with van der Waals surface area (Å²) >= 11 is 0. The van der Waals surface area contributed by atoms with Crippen LogP contribution in [0.1, 0.15) is 0 Å². The number of hydrogen-bond acceptors (Lipinski definition) is 0. The Bertz CT molecular complexity index is 8670. The van der Waals surface area contributed by atoms with Crippen molar-refractivity contribution in [2.75, 3.05) is 0 Å². The predicted molar refractivity (Wildman–Crippen MR) is 616 cm³/mol. The average Bonchev–Trinajstić information content (AvgIpc) is 0.693. The molecule has 26 aromatic carbocycles. The smallest absolute Gasteiger partial charge is 0.000139 e. The summed E-state index contributed by atoms with van der Waals surface area (Å²) in [7, 11) is 0. The lowest BCUT2D eigenvalue weighted by Crippen LogP contribution is -1.98. The second-order valence-corrected chi connectivity index (χ2v) is 37.3. The summed E-state index contributed by atoms with van der Waals surface area (Å²) in [5, 5.41) is 14.7. The van der Waals surface area contributed by atoms with E-state index in [-0.39, 0.29) is 0 Å². The first-order valence-corrected chi connectivity index (χ1v) is 49.8. The Kier molecular flexibility index (Phi) is 23.3. The van der Waals surface area contributed by atoms with Crippen molar-refractivity contribution in [1.29, 1.82) is 0 Å². The molecular formula is C144H96. The fourth-order valence-corrected chi connectivity index (χ4v) is 22.5. The summed E-state index contributed by atoms with van der Waals surface area (Å²) in [6, 6.07) is 214. The van der Waals surface area contributed by atoms with E-state index >= 15 is 0 Å². The zero-order valence-corrected chi connectivity index (χ0v) is 79.4. The minimum atomic E-state index is 1.17. The maximum atomic E-state index is 2.36. The SMILES string of the molecule is c1ccc(-c2ccc(-c3c4ccccc4c(-c4ccc(-c5ccccc5)cc4)c4c(-c5ccc(-c6ccccc6-c6ccccc6)cc5)c5ccccc5c(-c5ccc(-c6ccccc6-c6ccccc6)cc5)c34)cc2)cc1.c1ccc(-c2ccccc2-c2ccc(-c3c4ccccc4c(-c4ccc(-c5ccccc5-c5ccccc5)cc4)c4c(-c5ccccc5)c5ccccc5c(-c5ccccc5)c34)cc2)cc1. The molecule has 0 unspecified atom stereocenters. The Labute approximate surface area is 841 Å². The van der Waals surface area contributed by atoms with Crippen molar-refractivity contribution >= 4 is 64.6 Å². The normalized spacial score (nSPS) is 11.3. The van der Waals surface area contributed by atoms with Gasteiger partial charge in [-0.3, -0.25) is 0 Å². The van der Waals surface area contributed by atoms with Crippen LogP contribution in [0.4, 0.5) is 0 Å². The van der Waals surface area contributed by atoms with Gasteiger partial charge in [0.1, 0.15) is 0 Å². The number of rotatable bonds is 18. The molecule has 0 aliphatic heterocycles. The van der Waals surface area contributed by atoms with E-state index in [4.69, 9.17) is 0 Å². The van der Waals surface area contributed by atoms with Crippen LogP contribution in [0.25, 0.3) is 265 Å². The monoisotopic (exact) mass is 1820 g/mol. The van der Waals surface area contributed by atoms with E-state index in [1.807, 2.05) is 0 Å². The van der Waals surface area contributed by atoms with Gasteiger partial charge in [0.25, 0.3) is 0 Å². The zero-order chi connectivity index (χ0) is 95.6. The summed E-state index contributed by atoms with van der Waals surface area (Å²) in [6.07, 6.45) is 0. The highest BCUT2D eigenvalue weighted by Gasteiger charge is 2.30. The van der Waals surface area contributed by atoms with Crippen LogP contribution in [-0.4, -0.2) is 0 Å². The third-order valence-corrected chi connectivity index (χ3v) is 29.0. The van der Waals surface area contributed by atoms with Gasteiger partial charge in [-0.25, -0.2) is 0 Å². The van der Waals surface area contributed by atoms with Crippen molar-refractivity contribution in [2.45, 2.75) is 0 Å². The third-order valence-electron chi connectivity index (χ3n) is 29.0. The van der Waals surface area contributed by atoms with Gasteiger partial charge < -0.3 is 0 Å². The van der Waals surface area contributed by atoms with E-state index in [0.29, 0.717) is 0 Å². The van der Waals surface area contributed by atoms with Gasteiger partial charge in [-0.1, -0.05) is 582 Å². The first-order chi connectivity index (χ1) is 71.5. The van der Waals surface area contributed by atoms with Gasteiger partial charge in [0.05, 0.1) is 0 Å². The van der Waals surface area contributed by atoms with Crippen LogP contribution < -0.4 is 0 Å². The number of hydrogen-bond donors (Lipinski definition) is 0. The van der Waals surface area contributed by atoms with Gasteiger partial charge in [0.15, 0.2) is 0 Å². The molecule has 0 saturated heterocycles. The molecule has 0 radical (unpaired) electrons. The van der Waals surface area contributed by atoms with Crippen molar-refractivity contribution in [3.8, 4) is 200 Å². The molecule has 0 saturated carbocycles. The van der Waals surface area contributed by atoms with Crippen molar-refractivity contribution in [3.05, 3.63) is 582 Å². The molecule has 0 bridgehead atoms. The van der Waals surface area contributed by atoms with Crippen molar-refractivity contribution in [2.24, 2.45) is 0 Å². The molecule has 26 rings (SSSR count). The molecule has 672 valence electrons. The topological polar surface area (TPSA) is 0 Å². The Morgan fingerprint density at radius 1 is 0.0625 bits per heavy atom. The molecule has 0 aliphatic carbocycles. The van der Waals surface area contributed by atoms with Crippen molar-refractivity contribution < 1.29 is 0 Å². The van der Waals surface area contributed by atoms with E-state index in [1.165, 1.54) is 265 Å². The van der Waals surface area contributed by atoms with Crippen molar-refractivity contribution in [1.82, 2.24) is 0 Å². The zero-order valence-electron chi connectivity index (χ0n) is 79.4. The molecule has 0 aromatic heterocycles. The van der Waals surface area contributed by atoms with Crippen LogP contribution in [0.3, 0.4) is 0 Å². The van der Waals surface area contributed by atoms with E-state index in [1.54, 1.807) is 0 Å². The molecule has 0 heterocycles. The van der Waals surface area contributed by atoms with Gasteiger partial charge in [-0.05, 0) is 265 Å². The van der Waals surface area contributed by atoms with E-state index in [0.717, 1.165) is 0 Å². The summed E-state index contributed by atoms with van der Waals surface area (Å²) < 4.78 is 0. The Hall–Kier alpha value is -18.7. The lowest BCUT2D eigenvalue weighted by molar-refractivity contribution is 1.57. The lowest BCUT2D eigenvalue weighted by atomic mass is 9.77. The molecule has 0 N–H and O–H groups in total. The fraction of sp³-hybridized carbons (Fsp3) is 0. The lowest BCUT2D eigenvalue weighted by Gasteiger charge is -2.25. The van der Waals surface area contributed by atoms with Gasteiger partial charge in [-0.2, -0.15) is 0 Å². The molecule has 0 aliphatic rings. The van der Waals surface area contributed by atoms with E-state index in [9.17, 15) is 0 Å². The number of benzene rings is 26. The molecule has 0 atom stereocenters. The molecular weight excluding hydrogens is 1730 g/mol. The molecule has 26 aromatic rings. The summed E-state index contributed by atoms with van der Waals surface area (Å²) in [6.45, 7) is 0. The van der Waals surface area contributed by atoms with Gasteiger partial charge >= 0.3 is 0 Å². The first-order valence-electron chi connectivity index (χ1n) is 49.8. The summed E-state index contributed by atoms with van der Waals surface area (Å²) in [5.41, 5.74) is 43.4. The van der Waals surface area contributed by atoms with Gasteiger partial charge in [-0.15, -0.1) is 0 Å². The van der Waals surface area contributed by atoms with Crippen LogP contribution in [0.5, 0.6) is 0 Å². The fourth-order valence-electron chi connectivity index (χ4n) is 22.5. The van der Waals surface area contributed by atoms with E-state index < -0.39 is 0 Å². The number of fused-ring (bicyclic) bond motifs is 6. The molecule has 0 spiro atoms. The second kappa shape index (κ2) is 38.6. The first kappa shape index (κ1) is 86.8. The third kappa shape index (κ3) is 16.2. The molecule has 144 heavy (non-hydrogen) atoms. The van der Waals surface area contributed by atoms with Crippen molar-refractivity contribution in [3.63, 3.8) is 0 Å². The highest BCUT2D eigenvalue weighted by Crippen LogP contribution is 2.58. The highest BCUT2D eigenvalue weighted by atomic mass is 14.3. The molecule has 0 amide bonds. The molecule has 0 heteroatoms. The molecule has 0 nitrogen and oxygen atoms in total. The van der Waals surface area contributed by atoms with Crippen LogP contribution in [-0.2, 0) is 0 Å². The highest BCUT2D eigenvalue weighted by molar-refractivity contribution is 6.36. The van der Waals surface area contributed by atoms with Crippen LogP contribution in [0.15, 0.2) is 582 Å².